The van der Waals surface area contributed by atoms with Crippen molar-refractivity contribution in [3.05, 3.63) is 34.4 Å². The number of hydrogen-bond acceptors (Lipinski definition) is 4. The Morgan fingerprint density at radius 1 is 1.41 bits per heavy atom. The second kappa shape index (κ2) is 5.14. The minimum Gasteiger partial charge on any atom is -0.430 e. The summed E-state index contributed by atoms with van der Waals surface area (Å²) in [4.78, 5) is 24.5. The minimum atomic E-state index is -0.458. The molecule has 0 aromatic carbocycles. The Kier molecular flexibility index (Phi) is 3.58. The number of carbonyl (C=O) groups excluding carboxylic acids is 1. The maximum absolute atomic E-state index is 12.0. The van der Waals surface area contributed by atoms with Gasteiger partial charge in [0.2, 0.25) is 0 Å². The zero-order chi connectivity index (χ0) is 12.3. The van der Waals surface area contributed by atoms with Gasteiger partial charge in [0.25, 0.3) is 5.91 Å². The lowest BCUT2D eigenvalue weighted by Crippen LogP contribution is -2.39. The molecule has 0 saturated carbocycles. The van der Waals surface area contributed by atoms with Gasteiger partial charge in [-0.25, -0.2) is 4.79 Å². The van der Waals surface area contributed by atoms with Crippen LogP contribution in [-0.2, 0) is 0 Å². The number of likely N-dealkylation sites (tertiary alicyclic amines) is 1. The maximum atomic E-state index is 12.0. The zero-order valence-electron chi connectivity index (χ0n) is 9.46. The van der Waals surface area contributed by atoms with E-state index < -0.39 is 5.63 Å². The van der Waals surface area contributed by atoms with Gasteiger partial charge < -0.3 is 14.4 Å². The predicted molar refractivity (Wildman–Crippen MR) is 60.7 cm³/mol. The molecule has 0 bridgehead atoms. The van der Waals surface area contributed by atoms with Crippen molar-refractivity contribution in [2.45, 2.75) is 12.8 Å². The van der Waals surface area contributed by atoms with E-state index in [9.17, 15) is 9.59 Å². The second-order valence-electron chi connectivity index (χ2n) is 4.26. The van der Waals surface area contributed by atoms with Gasteiger partial charge in [0.1, 0.15) is 6.26 Å². The van der Waals surface area contributed by atoms with E-state index in [1.807, 2.05) is 0 Å². The summed E-state index contributed by atoms with van der Waals surface area (Å²) >= 11 is 0. The molecule has 5 nitrogen and oxygen atoms in total. The van der Waals surface area contributed by atoms with Crippen molar-refractivity contribution < 1.29 is 14.3 Å². The molecular formula is C12H15NO4. The summed E-state index contributed by atoms with van der Waals surface area (Å²) in [5.41, 5.74) is -0.0624. The first-order valence-corrected chi connectivity index (χ1v) is 5.69. The molecule has 0 spiro atoms. The molecule has 1 aromatic rings. The predicted octanol–water partition coefficient (Wildman–Crippen LogP) is 0.484. The smallest absolute Gasteiger partial charge is 0.335 e. The molecular weight excluding hydrogens is 222 g/mol. The van der Waals surface area contributed by atoms with Gasteiger partial charge in [0.15, 0.2) is 0 Å². The Labute approximate surface area is 98.7 Å². The number of nitrogens with zero attached hydrogens (tertiary/aromatic N) is 1. The minimum absolute atomic E-state index is 0.120. The number of rotatable bonds is 2. The van der Waals surface area contributed by atoms with E-state index in [1.54, 1.807) is 4.90 Å². The van der Waals surface area contributed by atoms with Crippen molar-refractivity contribution >= 4 is 5.91 Å². The molecule has 2 heterocycles. The quantitative estimate of drug-likeness (QED) is 0.812. The van der Waals surface area contributed by atoms with E-state index in [1.165, 1.54) is 18.4 Å². The van der Waals surface area contributed by atoms with Gasteiger partial charge in [-0.15, -0.1) is 0 Å². The molecule has 2 rings (SSSR count). The third kappa shape index (κ3) is 2.74. The Morgan fingerprint density at radius 2 is 2.12 bits per heavy atom. The Morgan fingerprint density at radius 3 is 2.65 bits per heavy atom. The van der Waals surface area contributed by atoms with Crippen LogP contribution < -0.4 is 5.63 Å². The summed E-state index contributed by atoms with van der Waals surface area (Å²) in [6, 6.07) is 2.72. The number of carbonyl (C=O) groups is 1. The topological polar surface area (TPSA) is 70.8 Å². The van der Waals surface area contributed by atoms with Crippen molar-refractivity contribution in [3.8, 4) is 0 Å². The van der Waals surface area contributed by atoms with Crippen molar-refractivity contribution in [3.63, 3.8) is 0 Å². The highest BCUT2D eigenvalue weighted by atomic mass is 16.4. The highest BCUT2D eigenvalue weighted by Crippen LogP contribution is 2.18. The fourth-order valence-electron chi connectivity index (χ4n) is 1.98. The molecule has 17 heavy (non-hydrogen) atoms. The van der Waals surface area contributed by atoms with Gasteiger partial charge >= 0.3 is 5.63 Å². The van der Waals surface area contributed by atoms with E-state index in [0.29, 0.717) is 24.6 Å². The average molecular weight is 237 g/mol. The van der Waals surface area contributed by atoms with Crippen LogP contribution in [0.3, 0.4) is 0 Å². The summed E-state index contributed by atoms with van der Waals surface area (Å²) < 4.78 is 4.67. The van der Waals surface area contributed by atoms with Crippen LogP contribution in [0, 0.1) is 5.92 Å². The molecule has 0 unspecified atom stereocenters. The van der Waals surface area contributed by atoms with Crippen LogP contribution in [0.2, 0.25) is 0 Å². The van der Waals surface area contributed by atoms with Gasteiger partial charge in [-0.2, -0.15) is 0 Å². The number of hydrogen-bond donors (Lipinski definition) is 1. The first kappa shape index (κ1) is 11.9. The van der Waals surface area contributed by atoms with Crippen molar-refractivity contribution in [2.24, 2.45) is 5.92 Å². The molecule has 0 aliphatic carbocycles. The third-order valence-corrected chi connectivity index (χ3v) is 3.11. The zero-order valence-corrected chi connectivity index (χ0v) is 9.46. The highest BCUT2D eigenvalue weighted by Gasteiger charge is 2.23. The molecule has 1 aliphatic rings. The third-order valence-electron chi connectivity index (χ3n) is 3.11. The summed E-state index contributed by atoms with van der Waals surface area (Å²) in [5.74, 6) is 0.179. The maximum Gasteiger partial charge on any atom is 0.335 e. The van der Waals surface area contributed by atoms with Gasteiger partial charge in [-0.1, -0.05) is 0 Å². The van der Waals surface area contributed by atoms with E-state index in [0.717, 1.165) is 12.8 Å². The van der Waals surface area contributed by atoms with Crippen LogP contribution >= 0.6 is 0 Å². The van der Waals surface area contributed by atoms with Crippen LogP contribution in [-0.4, -0.2) is 35.6 Å². The summed E-state index contributed by atoms with van der Waals surface area (Å²) in [7, 11) is 0. The van der Waals surface area contributed by atoms with Crippen LogP contribution in [0.25, 0.3) is 0 Å². The fraction of sp³-hybridized carbons (Fsp3) is 0.500. The van der Waals surface area contributed by atoms with Crippen LogP contribution in [0.15, 0.2) is 27.6 Å². The number of amides is 1. The summed E-state index contributed by atoms with van der Waals surface area (Å²) in [6.45, 7) is 1.47. The molecule has 92 valence electrons. The van der Waals surface area contributed by atoms with Gasteiger partial charge in [-0.05, 0) is 24.8 Å². The lowest BCUT2D eigenvalue weighted by atomic mass is 9.97. The highest BCUT2D eigenvalue weighted by molar-refractivity contribution is 5.93. The summed E-state index contributed by atoms with van der Waals surface area (Å²) in [6.07, 6.45) is 2.83. The van der Waals surface area contributed by atoms with Crippen LogP contribution in [0.5, 0.6) is 0 Å². The number of aliphatic hydroxyl groups is 1. The van der Waals surface area contributed by atoms with Crippen molar-refractivity contribution in [2.75, 3.05) is 19.7 Å². The van der Waals surface area contributed by atoms with Gasteiger partial charge in [-0.3, -0.25) is 4.79 Å². The van der Waals surface area contributed by atoms with E-state index in [2.05, 4.69) is 4.42 Å². The molecule has 5 heteroatoms. The second-order valence-corrected chi connectivity index (χ2v) is 4.26. The first-order chi connectivity index (χ1) is 8.20. The molecule has 1 amide bonds. The van der Waals surface area contributed by atoms with Crippen molar-refractivity contribution in [1.29, 1.82) is 0 Å². The Balaban J connectivity index is 2.01. The standard InChI is InChI=1S/C12H15NO4/c14-7-9-3-5-13(6-4-9)12(16)10-1-2-11(15)17-8-10/h1-2,8-9,14H,3-7H2. The molecule has 0 radical (unpaired) electrons. The number of piperidine rings is 1. The first-order valence-electron chi connectivity index (χ1n) is 5.69. The fourth-order valence-corrected chi connectivity index (χ4v) is 1.98. The van der Waals surface area contributed by atoms with Gasteiger partial charge in [0.05, 0.1) is 5.56 Å². The molecule has 0 atom stereocenters. The molecule has 1 aromatic heterocycles. The Bertz CT molecular complexity index is 426. The molecule has 1 fully saturated rings. The van der Waals surface area contributed by atoms with E-state index >= 15 is 0 Å². The Hall–Kier alpha value is -1.62. The SMILES string of the molecule is O=C(c1ccc(=O)oc1)N1CCC(CO)CC1. The lowest BCUT2D eigenvalue weighted by molar-refractivity contribution is 0.0648. The van der Waals surface area contributed by atoms with Crippen LogP contribution in [0.4, 0.5) is 0 Å². The monoisotopic (exact) mass is 237 g/mol. The molecule has 1 aliphatic heterocycles. The average Bonchev–Trinajstić information content (AvgIpc) is 2.39. The molecule has 1 N–H and O–H groups in total. The lowest BCUT2D eigenvalue weighted by Gasteiger charge is -2.30. The van der Waals surface area contributed by atoms with E-state index in [-0.39, 0.29) is 12.5 Å². The summed E-state index contributed by atoms with van der Waals surface area (Å²) in [5, 5.41) is 9.01. The number of aliphatic hydroxyl groups excluding tert-OH is 1. The molecule has 1 saturated heterocycles. The van der Waals surface area contributed by atoms with Gasteiger partial charge in [0, 0.05) is 25.8 Å². The normalized spacial score (nSPS) is 17.1. The largest absolute Gasteiger partial charge is 0.430 e. The van der Waals surface area contributed by atoms with Crippen LogP contribution in [0.1, 0.15) is 23.2 Å². The van der Waals surface area contributed by atoms with E-state index in [4.69, 9.17) is 5.11 Å². The van der Waals surface area contributed by atoms with Crippen molar-refractivity contribution in [1.82, 2.24) is 4.90 Å².